The van der Waals surface area contributed by atoms with Gasteiger partial charge < -0.3 is 9.64 Å². The summed E-state index contributed by atoms with van der Waals surface area (Å²) in [5.74, 6) is 0.527. The zero-order chi connectivity index (χ0) is 23.6. The van der Waals surface area contributed by atoms with Crippen LogP contribution >= 0.6 is 0 Å². The summed E-state index contributed by atoms with van der Waals surface area (Å²) in [6, 6.07) is 6.00. The number of ether oxygens (including phenoxy) is 1. The molecule has 1 saturated heterocycles. The van der Waals surface area contributed by atoms with E-state index >= 15 is 0 Å². The summed E-state index contributed by atoms with van der Waals surface area (Å²) in [4.78, 5) is 15.0. The molecule has 8 nitrogen and oxygen atoms in total. The van der Waals surface area contributed by atoms with Gasteiger partial charge in [0.1, 0.15) is 5.65 Å². The highest BCUT2D eigenvalue weighted by molar-refractivity contribution is 5.61. The summed E-state index contributed by atoms with van der Waals surface area (Å²) >= 11 is 0. The molecule has 1 atom stereocenters. The molecule has 0 N–H and O–H groups in total. The van der Waals surface area contributed by atoms with Crippen molar-refractivity contribution in [2.24, 2.45) is 7.05 Å². The number of anilines is 1. The van der Waals surface area contributed by atoms with E-state index in [1.807, 2.05) is 38.1 Å². The second-order valence-electron chi connectivity index (χ2n) is 7.79. The lowest BCUT2D eigenvalue weighted by atomic mass is 10.2. The Morgan fingerprint density at radius 2 is 1.94 bits per heavy atom. The molecule has 1 aliphatic rings. The molecule has 0 saturated carbocycles. The van der Waals surface area contributed by atoms with E-state index < -0.39 is 11.7 Å². The molecule has 11 heteroatoms. The number of hydrogen-bond acceptors (Lipinski definition) is 6. The summed E-state index contributed by atoms with van der Waals surface area (Å²) in [5, 5.41) is 4.03. The van der Waals surface area contributed by atoms with Crippen molar-refractivity contribution < 1.29 is 17.9 Å². The van der Waals surface area contributed by atoms with E-state index in [0.29, 0.717) is 42.7 Å². The monoisotopic (exact) mass is 459 g/mol. The lowest BCUT2D eigenvalue weighted by Gasteiger charge is -2.31. The number of pyridine rings is 1. The highest BCUT2D eigenvalue weighted by Crippen LogP contribution is 2.30. The first-order valence-electron chi connectivity index (χ1n) is 10.4. The van der Waals surface area contributed by atoms with Gasteiger partial charge in [0.25, 0.3) is 0 Å². The zero-order valence-electron chi connectivity index (χ0n) is 18.5. The van der Waals surface area contributed by atoms with Gasteiger partial charge in [0.15, 0.2) is 0 Å². The van der Waals surface area contributed by atoms with Gasteiger partial charge in [0.2, 0.25) is 5.95 Å². The van der Waals surface area contributed by atoms with Crippen LogP contribution in [0.4, 0.5) is 19.1 Å². The highest BCUT2D eigenvalue weighted by Gasteiger charge is 2.31. The summed E-state index contributed by atoms with van der Waals surface area (Å²) in [6.45, 7) is 5.85. The molecule has 0 aliphatic carbocycles. The summed E-state index contributed by atoms with van der Waals surface area (Å²) in [6.07, 6.45) is 1.73. The van der Waals surface area contributed by atoms with Gasteiger partial charge in [-0.25, -0.2) is 15.0 Å². The quantitative estimate of drug-likeness (QED) is 0.455. The maximum absolute atomic E-state index is 13.0. The second kappa shape index (κ2) is 9.18. The molecule has 1 fully saturated rings. The van der Waals surface area contributed by atoms with Gasteiger partial charge in [-0.2, -0.15) is 18.3 Å². The number of aromatic nitrogens is 6. The number of imidazole rings is 1. The van der Waals surface area contributed by atoms with E-state index in [1.165, 1.54) is 16.7 Å². The van der Waals surface area contributed by atoms with Crippen LogP contribution in [0.5, 0.6) is 0 Å². The van der Waals surface area contributed by atoms with Crippen LogP contribution in [-0.4, -0.2) is 54.9 Å². The Balaban J connectivity index is 0.000000318. The Kier molecular flexibility index (Phi) is 6.32. The molecule has 5 heterocycles. The van der Waals surface area contributed by atoms with Crippen molar-refractivity contribution in [3.8, 4) is 11.4 Å². The number of fused-ring (bicyclic) bond motifs is 1. The van der Waals surface area contributed by atoms with Crippen molar-refractivity contribution in [3.05, 3.63) is 60.3 Å². The summed E-state index contributed by atoms with van der Waals surface area (Å²) < 4.78 is 47.8. The minimum absolute atomic E-state index is 0.0705. The molecule has 0 spiro atoms. The third-order valence-corrected chi connectivity index (χ3v) is 5.11. The molecule has 174 valence electrons. The predicted molar refractivity (Wildman–Crippen MR) is 117 cm³/mol. The van der Waals surface area contributed by atoms with Gasteiger partial charge in [0.05, 0.1) is 41.6 Å². The third-order valence-electron chi connectivity index (χ3n) is 5.11. The van der Waals surface area contributed by atoms with Crippen molar-refractivity contribution in [2.75, 3.05) is 24.6 Å². The number of aryl methyl sites for hydroxylation is 2. The molecule has 33 heavy (non-hydrogen) atoms. The molecule has 0 bridgehead atoms. The highest BCUT2D eigenvalue weighted by atomic mass is 19.4. The Morgan fingerprint density at radius 1 is 1.12 bits per heavy atom. The maximum Gasteiger partial charge on any atom is 0.417 e. The fourth-order valence-electron chi connectivity index (χ4n) is 3.51. The molecule has 4 aromatic heterocycles. The lowest BCUT2D eigenvalue weighted by Crippen LogP contribution is -2.42. The molecule has 4 aromatic rings. The van der Waals surface area contributed by atoms with Crippen molar-refractivity contribution in [1.29, 1.82) is 0 Å². The van der Waals surface area contributed by atoms with Crippen molar-refractivity contribution in [1.82, 2.24) is 29.1 Å². The zero-order valence-corrected chi connectivity index (χ0v) is 18.5. The molecule has 1 aliphatic heterocycles. The first-order chi connectivity index (χ1) is 15.7. The lowest BCUT2D eigenvalue weighted by molar-refractivity contribution is -0.137. The van der Waals surface area contributed by atoms with Crippen LogP contribution in [0.2, 0.25) is 0 Å². The smallest absolute Gasteiger partial charge is 0.375 e. The molecule has 0 amide bonds. The van der Waals surface area contributed by atoms with E-state index in [1.54, 1.807) is 16.9 Å². The second-order valence-corrected chi connectivity index (χ2v) is 7.79. The van der Waals surface area contributed by atoms with Gasteiger partial charge in [0, 0.05) is 38.7 Å². The molecule has 0 unspecified atom stereocenters. The van der Waals surface area contributed by atoms with E-state index in [0.717, 1.165) is 18.0 Å². The van der Waals surface area contributed by atoms with E-state index in [4.69, 9.17) is 4.74 Å². The van der Waals surface area contributed by atoms with Crippen LogP contribution in [0, 0.1) is 6.92 Å². The Bertz CT molecular complexity index is 1220. The van der Waals surface area contributed by atoms with Crippen LogP contribution in [0.25, 0.3) is 17.0 Å². The largest absolute Gasteiger partial charge is 0.417 e. The fraction of sp³-hybridized carbons (Fsp3) is 0.364. The number of nitrogens with zero attached hydrogens (tertiary/aromatic N) is 7. The predicted octanol–water partition coefficient (Wildman–Crippen LogP) is 3.76. The number of alkyl halides is 3. The van der Waals surface area contributed by atoms with Gasteiger partial charge in [-0.3, -0.25) is 9.08 Å². The SMILES string of the molecule is C[C@H]1CN(c2nccc(-c3cnc4ccc(C(F)(F)F)cn34)n2)CCO1.Cc1ccn(C)n1. The normalized spacial score (nSPS) is 16.5. The maximum atomic E-state index is 13.0. The Hall–Kier alpha value is -3.47. The Morgan fingerprint density at radius 3 is 2.58 bits per heavy atom. The number of halogens is 3. The minimum Gasteiger partial charge on any atom is -0.375 e. The first kappa shape index (κ1) is 22.7. The number of hydrogen-bond donors (Lipinski definition) is 0. The average Bonchev–Trinajstić information content (AvgIpc) is 3.38. The number of rotatable bonds is 2. The minimum atomic E-state index is -4.42. The van der Waals surface area contributed by atoms with E-state index in [-0.39, 0.29) is 6.10 Å². The standard InChI is InChI=1S/C17H16F3N5O.C5H8N2/c1-11-9-24(6-7-26-11)16-21-5-4-13(23-16)14-8-22-15-3-2-12(10-25(14)15)17(18,19)20;1-5-3-4-7(2)6-5/h2-5,8,10-11H,6-7,9H2,1H3;3-4H,1-2H3/t11-;/m0./s1. The molecule has 0 aromatic carbocycles. The van der Waals surface area contributed by atoms with E-state index in [9.17, 15) is 13.2 Å². The van der Waals surface area contributed by atoms with Gasteiger partial charge >= 0.3 is 6.18 Å². The van der Waals surface area contributed by atoms with Crippen LogP contribution < -0.4 is 4.90 Å². The molecular formula is C22H24F3N7O. The van der Waals surface area contributed by atoms with Crippen LogP contribution in [0.1, 0.15) is 18.2 Å². The van der Waals surface area contributed by atoms with Crippen LogP contribution in [0.15, 0.2) is 49.1 Å². The Labute approximate surface area is 188 Å². The summed E-state index contributed by atoms with van der Waals surface area (Å²) in [5.41, 5.74) is 1.76. The molecular weight excluding hydrogens is 435 g/mol. The molecule has 5 rings (SSSR count). The van der Waals surface area contributed by atoms with Crippen molar-refractivity contribution in [3.63, 3.8) is 0 Å². The van der Waals surface area contributed by atoms with Crippen LogP contribution in [0.3, 0.4) is 0 Å². The van der Waals surface area contributed by atoms with Crippen molar-refractivity contribution >= 4 is 11.6 Å². The van der Waals surface area contributed by atoms with Gasteiger partial charge in [-0.05, 0) is 38.1 Å². The first-order valence-corrected chi connectivity index (χ1v) is 10.4. The fourth-order valence-corrected chi connectivity index (χ4v) is 3.51. The average molecular weight is 459 g/mol. The van der Waals surface area contributed by atoms with E-state index in [2.05, 4.69) is 20.1 Å². The third kappa shape index (κ3) is 5.30. The van der Waals surface area contributed by atoms with Gasteiger partial charge in [-0.1, -0.05) is 0 Å². The topological polar surface area (TPSA) is 73.4 Å². The summed E-state index contributed by atoms with van der Waals surface area (Å²) in [7, 11) is 1.91. The van der Waals surface area contributed by atoms with Crippen molar-refractivity contribution in [2.45, 2.75) is 26.1 Å². The molecule has 0 radical (unpaired) electrons. The van der Waals surface area contributed by atoms with Crippen LogP contribution in [-0.2, 0) is 18.0 Å². The van der Waals surface area contributed by atoms with Gasteiger partial charge in [-0.15, -0.1) is 0 Å². The number of morpholine rings is 1.